The summed E-state index contributed by atoms with van der Waals surface area (Å²) in [5, 5.41) is 6.58. The fourth-order valence-corrected chi connectivity index (χ4v) is 3.18. The highest BCUT2D eigenvalue weighted by molar-refractivity contribution is 5.93. The minimum atomic E-state index is 0.190. The first kappa shape index (κ1) is 16.0. The highest BCUT2D eigenvalue weighted by Crippen LogP contribution is 2.27. The predicted octanol–water partition coefficient (Wildman–Crippen LogP) is 4.27. The minimum absolute atomic E-state index is 0.190. The van der Waals surface area contributed by atoms with Crippen molar-refractivity contribution in [1.29, 1.82) is 0 Å². The number of para-hydroxylation sites is 1. The van der Waals surface area contributed by atoms with Gasteiger partial charge < -0.3 is 10.6 Å². The quantitative estimate of drug-likeness (QED) is 0.795. The molecule has 1 aliphatic rings. The molecule has 2 N–H and O–H groups in total. The Morgan fingerprint density at radius 1 is 1.19 bits per heavy atom. The molecule has 1 amide bonds. The Labute approximate surface area is 128 Å². The molecule has 1 unspecified atom stereocenters. The molecule has 0 radical (unpaired) electrons. The normalized spacial score (nSPS) is 18.0. The van der Waals surface area contributed by atoms with Gasteiger partial charge in [-0.25, -0.2) is 0 Å². The van der Waals surface area contributed by atoms with Crippen LogP contribution in [0.15, 0.2) is 24.3 Å². The minimum Gasteiger partial charge on any atom is -0.326 e. The zero-order valence-corrected chi connectivity index (χ0v) is 13.3. The Hall–Kier alpha value is -1.35. The van der Waals surface area contributed by atoms with Crippen molar-refractivity contribution in [3.05, 3.63) is 29.8 Å². The molecule has 3 nitrogen and oxygen atoms in total. The molecule has 1 aromatic carbocycles. The van der Waals surface area contributed by atoms with E-state index in [0.717, 1.165) is 25.1 Å². The third-order valence-electron chi connectivity index (χ3n) is 4.42. The second-order valence-electron chi connectivity index (χ2n) is 6.04. The Balaban J connectivity index is 2.06. The first-order valence-electron chi connectivity index (χ1n) is 8.35. The van der Waals surface area contributed by atoms with Gasteiger partial charge in [0.2, 0.25) is 5.91 Å². The van der Waals surface area contributed by atoms with Crippen molar-refractivity contribution in [1.82, 2.24) is 5.32 Å². The molecule has 0 aromatic heterocycles. The average Bonchev–Trinajstić information content (AvgIpc) is 2.77. The summed E-state index contributed by atoms with van der Waals surface area (Å²) in [5.74, 6) is 0.392. The molecule has 21 heavy (non-hydrogen) atoms. The number of nitrogens with one attached hydrogen (secondary N) is 2. The maximum absolute atomic E-state index is 12.5. The summed E-state index contributed by atoms with van der Waals surface area (Å²) < 4.78 is 0. The first-order chi connectivity index (χ1) is 10.2. The van der Waals surface area contributed by atoms with Crippen LogP contribution in [0.2, 0.25) is 0 Å². The maximum Gasteiger partial charge on any atom is 0.227 e. The molecule has 116 valence electrons. The monoisotopic (exact) mass is 288 g/mol. The van der Waals surface area contributed by atoms with E-state index in [2.05, 4.69) is 30.5 Å². The lowest BCUT2D eigenvalue weighted by molar-refractivity contribution is -0.120. The summed E-state index contributed by atoms with van der Waals surface area (Å²) in [7, 11) is 0. The van der Waals surface area contributed by atoms with Crippen molar-refractivity contribution in [2.24, 2.45) is 5.92 Å². The van der Waals surface area contributed by atoms with Crippen LogP contribution in [0.5, 0.6) is 0 Å². The molecule has 0 bridgehead atoms. The molecule has 0 heterocycles. The van der Waals surface area contributed by atoms with E-state index in [4.69, 9.17) is 0 Å². The van der Waals surface area contributed by atoms with Crippen LogP contribution in [0.25, 0.3) is 0 Å². The highest BCUT2D eigenvalue weighted by atomic mass is 16.1. The van der Waals surface area contributed by atoms with Gasteiger partial charge in [-0.15, -0.1) is 0 Å². The predicted molar refractivity (Wildman–Crippen MR) is 88.4 cm³/mol. The standard InChI is InChI=1S/C18H28N2O/c1-3-19-14(2)16-12-8-9-13-17(16)20-18(21)15-10-6-4-5-7-11-15/h8-9,12-15,19H,3-7,10-11H2,1-2H3,(H,20,21). The van der Waals surface area contributed by atoms with Crippen LogP contribution in [-0.2, 0) is 4.79 Å². The van der Waals surface area contributed by atoms with E-state index in [-0.39, 0.29) is 17.9 Å². The second-order valence-corrected chi connectivity index (χ2v) is 6.04. The third kappa shape index (κ3) is 4.57. The first-order valence-corrected chi connectivity index (χ1v) is 8.35. The van der Waals surface area contributed by atoms with Gasteiger partial charge in [0.25, 0.3) is 0 Å². The van der Waals surface area contributed by atoms with E-state index in [1.165, 1.54) is 31.2 Å². The van der Waals surface area contributed by atoms with Crippen molar-refractivity contribution < 1.29 is 4.79 Å². The molecule has 1 atom stereocenters. The van der Waals surface area contributed by atoms with Crippen LogP contribution in [0.4, 0.5) is 5.69 Å². The number of carbonyl (C=O) groups is 1. The van der Waals surface area contributed by atoms with Crippen molar-refractivity contribution in [3.8, 4) is 0 Å². The SMILES string of the molecule is CCNC(C)c1ccccc1NC(=O)C1CCCCCC1. The molecule has 1 fully saturated rings. The van der Waals surface area contributed by atoms with Crippen LogP contribution >= 0.6 is 0 Å². The van der Waals surface area contributed by atoms with Crippen LogP contribution in [0.3, 0.4) is 0 Å². The van der Waals surface area contributed by atoms with Crippen LogP contribution in [0.1, 0.15) is 64.0 Å². The molecule has 2 rings (SSSR count). The fraction of sp³-hybridized carbons (Fsp3) is 0.611. The Kier molecular flexibility index (Phi) is 6.24. The molecule has 1 aliphatic carbocycles. The van der Waals surface area contributed by atoms with Crippen LogP contribution < -0.4 is 10.6 Å². The third-order valence-corrected chi connectivity index (χ3v) is 4.42. The van der Waals surface area contributed by atoms with E-state index >= 15 is 0 Å². The van der Waals surface area contributed by atoms with Gasteiger partial charge in [-0.3, -0.25) is 4.79 Å². The molecule has 0 saturated heterocycles. The molecule has 3 heteroatoms. The highest BCUT2D eigenvalue weighted by Gasteiger charge is 2.21. The Bertz CT molecular complexity index is 450. The fourth-order valence-electron chi connectivity index (χ4n) is 3.18. The average molecular weight is 288 g/mol. The van der Waals surface area contributed by atoms with Crippen molar-refractivity contribution in [3.63, 3.8) is 0 Å². The summed E-state index contributed by atoms with van der Waals surface area (Å²) in [6, 6.07) is 8.38. The van der Waals surface area contributed by atoms with Crippen molar-refractivity contribution in [2.75, 3.05) is 11.9 Å². The number of rotatable bonds is 5. The lowest BCUT2D eigenvalue weighted by Crippen LogP contribution is -2.25. The Morgan fingerprint density at radius 3 is 2.52 bits per heavy atom. The summed E-state index contributed by atoms with van der Waals surface area (Å²) in [4.78, 5) is 12.5. The molecular formula is C18H28N2O. The van der Waals surface area contributed by atoms with E-state index in [9.17, 15) is 4.79 Å². The van der Waals surface area contributed by atoms with E-state index in [0.29, 0.717) is 0 Å². The number of anilines is 1. The van der Waals surface area contributed by atoms with E-state index in [1.807, 2.05) is 18.2 Å². The lowest BCUT2D eigenvalue weighted by Gasteiger charge is -2.20. The number of amides is 1. The van der Waals surface area contributed by atoms with Gasteiger partial charge in [0.05, 0.1) is 0 Å². The van der Waals surface area contributed by atoms with Crippen LogP contribution in [0, 0.1) is 5.92 Å². The summed E-state index contributed by atoms with van der Waals surface area (Å²) in [5.41, 5.74) is 2.13. The molecule has 1 saturated carbocycles. The zero-order valence-electron chi connectivity index (χ0n) is 13.3. The van der Waals surface area contributed by atoms with Gasteiger partial charge in [0.1, 0.15) is 0 Å². The van der Waals surface area contributed by atoms with Gasteiger partial charge >= 0.3 is 0 Å². The van der Waals surface area contributed by atoms with E-state index in [1.54, 1.807) is 0 Å². The molecule has 1 aromatic rings. The molecule has 0 aliphatic heterocycles. The maximum atomic E-state index is 12.5. The molecule has 0 spiro atoms. The second kappa shape index (κ2) is 8.18. The number of hydrogen-bond acceptors (Lipinski definition) is 2. The smallest absolute Gasteiger partial charge is 0.227 e. The van der Waals surface area contributed by atoms with Crippen molar-refractivity contribution >= 4 is 11.6 Å². The number of hydrogen-bond donors (Lipinski definition) is 2. The van der Waals surface area contributed by atoms with Crippen molar-refractivity contribution in [2.45, 2.75) is 58.4 Å². The van der Waals surface area contributed by atoms with Gasteiger partial charge in [-0.2, -0.15) is 0 Å². The largest absolute Gasteiger partial charge is 0.326 e. The van der Waals surface area contributed by atoms with Crippen LogP contribution in [-0.4, -0.2) is 12.5 Å². The topological polar surface area (TPSA) is 41.1 Å². The summed E-state index contributed by atoms with van der Waals surface area (Å²) in [6.45, 7) is 5.16. The summed E-state index contributed by atoms with van der Waals surface area (Å²) >= 11 is 0. The zero-order chi connectivity index (χ0) is 15.1. The lowest BCUT2D eigenvalue weighted by atomic mass is 9.98. The van der Waals surface area contributed by atoms with Gasteiger partial charge in [-0.05, 0) is 37.9 Å². The van der Waals surface area contributed by atoms with Gasteiger partial charge in [0.15, 0.2) is 0 Å². The van der Waals surface area contributed by atoms with E-state index < -0.39 is 0 Å². The molecular weight excluding hydrogens is 260 g/mol. The summed E-state index contributed by atoms with van der Waals surface area (Å²) in [6.07, 6.45) is 7.00. The van der Waals surface area contributed by atoms with Gasteiger partial charge in [-0.1, -0.05) is 50.8 Å². The Morgan fingerprint density at radius 2 is 1.86 bits per heavy atom. The van der Waals surface area contributed by atoms with Gasteiger partial charge in [0, 0.05) is 17.6 Å². The number of benzene rings is 1. The number of carbonyl (C=O) groups excluding carboxylic acids is 1.